The van der Waals surface area contributed by atoms with Crippen LogP contribution >= 0.6 is 0 Å². The molecule has 4 nitrogen and oxygen atoms in total. The SMILES string of the molecule is COc1ccc(F)c(C2=CCC(COc3cccc(C(C4CC4)C(C)(F)C(=O)O)c3)CC2)c1. The quantitative estimate of drug-likeness (QED) is 0.474. The first-order chi connectivity index (χ1) is 15.8. The van der Waals surface area contributed by atoms with Crippen molar-refractivity contribution in [3.05, 3.63) is 65.5 Å². The van der Waals surface area contributed by atoms with Crippen molar-refractivity contribution in [1.82, 2.24) is 0 Å². The highest BCUT2D eigenvalue weighted by Crippen LogP contribution is 2.50. The lowest BCUT2D eigenvalue weighted by molar-refractivity contribution is -0.151. The molecule has 2 aromatic rings. The Balaban J connectivity index is 1.40. The van der Waals surface area contributed by atoms with Gasteiger partial charge in [0.25, 0.3) is 0 Å². The summed E-state index contributed by atoms with van der Waals surface area (Å²) in [6.45, 7) is 1.65. The predicted octanol–water partition coefficient (Wildman–Crippen LogP) is 6.40. The number of aliphatic carboxylic acids is 1. The molecule has 4 rings (SSSR count). The number of carbonyl (C=O) groups is 1. The van der Waals surface area contributed by atoms with Gasteiger partial charge >= 0.3 is 5.97 Å². The average Bonchev–Trinajstić information content (AvgIpc) is 3.63. The Morgan fingerprint density at radius 3 is 2.61 bits per heavy atom. The second-order valence-corrected chi connectivity index (χ2v) is 9.29. The number of allylic oxidation sites excluding steroid dienone is 2. The number of benzene rings is 2. The third-order valence-corrected chi connectivity index (χ3v) is 6.84. The van der Waals surface area contributed by atoms with Gasteiger partial charge in [-0.25, -0.2) is 13.6 Å². The zero-order chi connectivity index (χ0) is 23.6. The Hall–Kier alpha value is -2.89. The molecule has 0 amide bonds. The molecule has 0 saturated heterocycles. The number of alkyl halides is 1. The van der Waals surface area contributed by atoms with Gasteiger partial charge in [-0.3, -0.25) is 0 Å². The van der Waals surface area contributed by atoms with E-state index in [4.69, 9.17) is 9.47 Å². The van der Waals surface area contributed by atoms with Crippen LogP contribution in [-0.4, -0.2) is 30.5 Å². The van der Waals surface area contributed by atoms with Crippen LogP contribution in [0.25, 0.3) is 5.57 Å². The van der Waals surface area contributed by atoms with Crippen molar-refractivity contribution in [2.45, 2.75) is 50.6 Å². The normalized spacial score (nSPS) is 21.0. The number of carboxylic acids is 1. The summed E-state index contributed by atoms with van der Waals surface area (Å²) < 4.78 is 40.5. The molecule has 0 radical (unpaired) electrons. The summed E-state index contributed by atoms with van der Waals surface area (Å²) >= 11 is 0. The van der Waals surface area contributed by atoms with Crippen molar-refractivity contribution in [3.63, 3.8) is 0 Å². The van der Waals surface area contributed by atoms with Crippen LogP contribution in [0.2, 0.25) is 0 Å². The second kappa shape index (κ2) is 9.54. The molecule has 0 aromatic heterocycles. The number of methoxy groups -OCH3 is 1. The lowest BCUT2D eigenvalue weighted by Gasteiger charge is -2.28. The molecule has 1 saturated carbocycles. The van der Waals surface area contributed by atoms with Gasteiger partial charge in [0.1, 0.15) is 17.3 Å². The van der Waals surface area contributed by atoms with Gasteiger partial charge in [0.15, 0.2) is 0 Å². The lowest BCUT2D eigenvalue weighted by Crippen LogP contribution is -2.38. The first kappa shape index (κ1) is 23.3. The highest BCUT2D eigenvalue weighted by molar-refractivity contribution is 5.78. The van der Waals surface area contributed by atoms with Crippen LogP contribution in [0.15, 0.2) is 48.5 Å². The Kier molecular flexibility index (Phi) is 6.73. The van der Waals surface area contributed by atoms with Crippen molar-refractivity contribution in [2.24, 2.45) is 11.8 Å². The summed E-state index contributed by atoms with van der Waals surface area (Å²) in [7, 11) is 1.57. The minimum Gasteiger partial charge on any atom is -0.497 e. The smallest absolute Gasteiger partial charge is 0.341 e. The van der Waals surface area contributed by atoms with Crippen LogP contribution in [0.3, 0.4) is 0 Å². The standard InChI is InChI=1S/C27H30F2O4/c1-27(29,26(30)31)25(19-10-11-19)20-4-3-5-22(14-20)33-16-17-6-8-18(9-7-17)23-15-21(32-2)12-13-24(23)28/h3-5,8,12-15,17,19,25H,6-7,9-11,16H2,1-2H3,(H,30,31). The number of carboxylic acid groups (broad SMARTS) is 1. The molecule has 1 fully saturated rings. The fourth-order valence-corrected chi connectivity index (χ4v) is 4.76. The maximum atomic E-state index is 15.0. The molecule has 176 valence electrons. The van der Waals surface area contributed by atoms with E-state index in [0.717, 1.165) is 44.6 Å². The summed E-state index contributed by atoms with van der Waals surface area (Å²) in [5.74, 6) is -0.775. The number of rotatable bonds is 9. The molecule has 0 bridgehead atoms. The first-order valence-corrected chi connectivity index (χ1v) is 11.5. The van der Waals surface area contributed by atoms with E-state index in [1.165, 1.54) is 6.07 Å². The molecule has 1 N–H and O–H groups in total. The van der Waals surface area contributed by atoms with Gasteiger partial charge in [-0.2, -0.15) is 0 Å². The van der Waals surface area contributed by atoms with Crippen LogP contribution in [0.5, 0.6) is 11.5 Å². The molecular formula is C27H30F2O4. The van der Waals surface area contributed by atoms with Gasteiger partial charge in [-0.15, -0.1) is 0 Å². The molecule has 6 heteroatoms. The predicted molar refractivity (Wildman–Crippen MR) is 123 cm³/mol. The van der Waals surface area contributed by atoms with E-state index < -0.39 is 17.6 Å². The summed E-state index contributed by atoms with van der Waals surface area (Å²) in [6.07, 6.45) is 6.14. The first-order valence-electron chi connectivity index (χ1n) is 11.5. The molecule has 0 heterocycles. The van der Waals surface area contributed by atoms with Gasteiger partial charge in [0.2, 0.25) is 5.67 Å². The van der Waals surface area contributed by atoms with E-state index in [9.17, 15) is 14.3 Å². The third kappa shape index (κ3) is 5.21. The molecule has 2 aliphatic carbocycles. The molecule has 3 atom stereocenters. The maximum absolute atomic E-state index is 15.0. The van der Waals surface area contributed by atoms with Crippen LogP contribution < -0.4 is 9.47 Å². The fourth-order valence-electron chi connectivity index (χ4n) is 4.76. The van der Waals surface area contributed by atoms with Crippen molar-refractivity contribution in [1.29, 1.82) is 0 Å². The van der Waals surface area contributed by atoms with Gasteiger partial charge in [0.05, 0.1) is 13.7 Å². The number of hydrogen-bond donors (Lipinski definition) is 1. The fraction of sp³-hybridized carbons (Fsp3) is 0.444. The van der Waals surface area contributed by atoms with E-state index >= 15 is 4.39 Å². The third-order valence-electron chi connectivity index (χ3n) is 6.84. The lowest BCUT2D eigenvalue weighted by atomic mass is 9.81. The van der Waals surface area contributed by atoms with Crippen molar-refractivity contribution in [3.8, 4) is 11.5 Å². The van der Waals surface area contributed by atoms with Crippen LogP contribution in [0.1, 0.15) is 56.1 Å². The number of halogens is 2. The Bertz CT molecular complexity index is 1040. The molecule has 33 heavy (non-hydrogen) atoms. The maximum Gasteiger partial charge on any atom is 0.341 e. The topological polar surface area (TPSA) is 55.8 Å². The van der Waals surface area contributed by atoms with Gasteiger partial charge < -0.3 is 14.6 Å². The highest BCUT2D eigenvalue weighted by Gasteiger charge is 2.50. The molecule has 2 aliphatic rings. The Morgan fingerprint density at radius 1 is 1.18 bits per heavy atom. The zero-order valence-electron chi connectivity index (χ0n) is 19.0. The monoisotopic (exact) mass is 456 g/mol. The summed E-state index contributed by atoms with van der Waals surface area (Å²) in [4.78, 5) is 11.5. The minimum absolute atomic E-state index is 0.0465. The molecule has 3 unspecified atom stereocenters. The van der Waals surface area contributed by atoms with Crippen LogP contribution in [-0.2, 0) is 4.79 Å². The average molecular weight is 457 g/mol. The van der Waals surface area contributed by atoms with Crippen LogP contribution in [0.4, 0.5) is 8.78 Å². The van der Waals surface area contributed by atoms with E-state index in [2.05, 4.69) is 6.08 Å². The van der Waals surface area contributed by atoms with E-state index in [-0.39, 0.29) is 17.7 Å². The van der Waals surface area contributed by atoms with Crippen molar-refractivity contribution in [2.75, 3.05) is 13.7 Å². The molecule has 0 spiro atoms. The van der Waals surface area contributed by atoms with E-state index in [1.54, 1.807) is 37.4 Å². The largest absolute Gasteiger partial charge is 0.497 e. The highest BCUT2D eigenvalue weighted by atomic mass is 19.1. The second-order valence-electron chi connectivity index (χ2n) is 9.29. The van der Waals surface area contributed by atoms with E-state index in [0.29, 0.717) is 29.2 Å². The van der Waals surface area contributed by atoms with Crippen molar-refractivity contribution >= 4 is 11.5 Å². The van der Waals surface area contributed by atoms with Crippen molar-refractivity contribution < 1.29 is 28.2 Å². The summed E-state index contributed by atoms with van der Waals surface area (Å²) in [5, 5.41) is 9.40. The summed E-state index contributed by atoms with van der Waals surface area (Å²) in [5.41, 5.74) is -0.0884. The minimum atomic E-state index is -2.32. The van der Waals surface area contributed by atoms with Gasteiger partial charge in [0, 0.05) is 11.5 Å². The molecule has 2 aromatic carbocycles. The van der Waals surface area contributed by atoms with Crippen LogP contribution in [0, 0.1) is 17.7 Å². The zero-order valence-corrected chi connectivity index (χ0v) is 19.0. The van der Waals surface area contributed by atoms with Gasteiger partial charge in [-0.05, 0) is 92.3 Å². The number of ether oxygens (including phenoxy) is 2. The molecule has 0 aliphatic heterocycles. The number of hydrogen-bond acceptors (Lipinski definition) is 3. The van der Waals surface area contributed by atoms with Gasteiger partial charge in [-0.1, -0.05) is 18.2 Å². The van der Waals surface area contributed by atoms with E-state index in [1.807, 2.05) is 6.07 Å². The molecular weight excluding hydrogens is 426 g/mol. The summed E-state index contributed by atoms with van der Waals surface area (Å²) in [6, 6.07) is 12.0. The Morgan fingerprint density at radius 2 is 1.97 bits per heavy atom. The Labute approximate surface area is 193 Å².